The van der Waals surface area contributed by atoms with E-state index >= 15 is 0 Å². The van der Waals surface area contributed by atoms with Crippen molar-refractivity contribution in [1.82, 2.24) is 10.6 Å². The van der Waals surface area contributed by atoms with Gasteiger partial charge in [-0.1, -0.05) is 67.6 Å². The van der Waals surface area contributed by atoms with Gasteiger partial charge in [-0.25, -0.2) is 0 Å². The molecular formula is C26H38N2O2. The van der Waals surface area contributed by atoms with Gasteiger partial charge in [0, 0.05) is 24.7 Å². The van der Waals surface area contributed by atoms with E-state index in [2.05, 4.69) is 83.0 Å². The summed E-state index contributed by atoms with van der Waals surface area (Å²) in [5.74, 6) is 0. The summed E-state index contributed by atoms with van der Waals surface area (Å²) in [7, 11) is 0. The van der Waals surface area contributed by atoms with Gasteiger partial charge >= 0.3 is 0 Å². The first-order chi connectivity index (χ1) is 14.4. The van der Waals surface area contributed by atoms with Gasteiger partial charge in [-0.15, -0.1) is 0 Å². The molecule has 0 aromatic heterocycles. The molecule has 1 saturated heterocycles. The Balaban J connectivity index is 0.000000396. The summed E-state index contributed by atoms with van der Waals surface area (Å²) < 4.78 is 4.55. The fourth-order valence-electron chi connectivity index (χ4n) is 3.75. The molecule has 4 heteroatoms. The van der Waals surface area contributed by atoms with E-state index in [9.17, 15) is 4.79 Å². The van der Waals surface area contributed by atoms with Crippen LogP contribution in [0.2, 0.25) is 0 Å². The van der Waals surface area contributed by atoms with Gasteiger partial charge in [0.2, 0.25) is 0 Å². The number of nitrogens with one attached hydrogen (secondary N) is 2. The molecule has 164 valence electrons. The molecule has 2 aromatic carbocycles. The van der Waals surface area contributed by atoms with Crippen LogP contribution in [0.1, 0.15) is 58.1 Å². The second kappa shape index (κ2) is 12.5. The highest BCUT2D eigenvalue weighted by Crippen LogP contribution is 2.19. The Hall–Kier alpha value is -2.17. The largest absolute Gasteiger partial charge is 0.462 e. The van der Waals surface area contributed by atoms with Crippen molar-refractivity contribution in [2.24, 2.45) is 0 Å². The molecule has 2 N–H and O–H groups in total. The fourth-order valence-corrected chi connectivity index (χ4v) is 3.75. The van der Waals surface area contributed by atoms with E-state index < -0.39 is 0 Å². The second-order valence-electron chi connectivity index (χ2n) is 9.02. The maximum atomic E-state index is 9.60. The SMILES string of the molecule is CC(C)(C)OC=O.CCC1CC(NCc2ccccc2)CC(Cc2ccccc2)N1. The van der Waals surface area contributed by atoms with Crippen LogP contribution in [-0.2, 0) is 22.5 Å². The maximum Gasteiger partial charge on any atom is 0.293 e. The highest BCUT2D eigenvalue weighted by atomic mass is 16.5. The van der Waals surface area contributed by atoms with E-state index in [0.29, 0.717) is 24.6 Å². The minimum Gasteiger partial charge on any atom is -0.462 e. The summed E-state index contributed by atoms with van der Waals surface area (Å²) in [4.78, 5) is 9.60. The summed E-state index contributed by atoms with van der Waals surface area (Å²) >= 11 is 0. The predicted molar refractivity (Wildman–Crippen MR) is 124 cm³/mol. The summed E-state index contributed by atoms with van der Waals surface area (Å²) in [5, 5.41) is 7.62. The van der Waals surface area contributed by atoms with Crippen molar-refractivity contribution in [2.75, 3.05) is 0 Å². The first kappa shape index (κ1) is 24.1. The molecule has 0 bridgehead atoms. The summed E-state index contributed by atoms with van der Waals surface area (Å²) in [6.45, 7) is 9.18. The molecule has 3 rings (SSSR count). The summed E-state index contributed by atoms with van der Waals surface area (Å²) in [5.41, 5.74) is 2.49. The quantitative estimate of drug-likeness (QED) is 0.639. The zero-order valence-corrected chi connectivity index (χ0v) is 18.9. The Morgan fingerprint density at radius 1 is 0.967 bits per heavy atom. The third-order valence-electron chi connectivity index (χ3n) is 5.27. The smallest absolute Gasteiger partial charge is 0.293 e. The zero-order chi connectivity index (χ0) is 21.8. The van der Waals surface area contributed by atoms with Crippen molar-refractivity contribution in [3.63, 3.8) is 0 Å². The Morgan fingerprint density at radius 2 is 1.53 bits per heavy atom. The number of rotatable bonds is 7. The minimum atomic E-state index is -0.318. The molecule has 1 fully saturated rings. The van der Waals surface area contributed by atoms with Gasteiger partial charge < -0.3 is 15.4 Å². The molecule has 4 nitrogen and oxygen atoms in total. The van der Waals surface area contributed by atoms with Gasteiger partial charge in [0.05, 0.1) is 0 Å². The minimum absolute atomic E-state index is 0.318. The van der Waals surface area contributed by atoms with Crippen molar-refractivity contribution >= 4 is 6.47 Å². The Morgan fingerprint density at radius 3 is 2.03 bits per heavy atom. The van der Waals surface area contributed by atoms with Crippen LogP contribution in [0.25, 0.3) is 0 Å². The summed E-state index contributed by atoms with van der Waals surface area (Å²) in [6, 6.07) is 23.4. The van der Waals surface area contributed by atoms with Crippen LogP contribution in [0.5, 0.6) is 0 Å². The van der Waals surface area contributed by atoms with Crippen LogP contribution < -0.4 is 10.6 Å². The Bertz CT molecular complexity index is 713. The first-order valence-electron chi connectivity index (χ1n) is 11.1. The zero-order valence-electron chi connectivity index (χ0n) is 18.9. The van der Waals surface area contributed by atoms with Crippen LogP contribution in [0.15, 0.2) is 60.7 Å². The van der Waals surface area contributed by atoms with E-state index in [-0.39, 0.29) is 5.60 Å². The van der Waals surface area contributed by atoms with Gasteiger partial charge in [0.15, 0.2) is 0 Å². The molecule has 2 aromatic rings. The summed E-state index contributed by atoms with van der Waals surface area (Å²) in [6.07, 6.45) is 4.77. The first-order valence-corrected chi connectivity index (χ1v) is 11.1. The number of carbonyl (C=O) groups excluding carboxylic acids is 1. The third-order valence-corrected chi connectivity index (χ3v) is 5.27. The van der Waals surface area contributed by atoms with E-state index in [4.69, 9.17) is 0 Å². The molecule has 1 aliphatic rings. The van der Waals surface area contributed by atoms with E-state index in [0.717, 1.165) is 13.0 Å². The van der Waals surface area contributed by atoms with E-state index in [1.165, 1.54) is 30.4 Å². The molecule has 30 heavy (non-hydrogen) atoms. The van der Waals surface area contributed by atoms with Crippen molar-refractivity contribution < 1.29 is 9.53 Å². The van der Waals surface area contributed by atoms with Gasteiger partial charge in [0.1, 0.15) is 5.60 Å². The van der Waals surface area contributed by atoms with Crippen LogP contribution in [0.3, 0.4) is 0 Å². The van der Waals surface area contributed by atoms with Crippen molar-refractivity contribution in [1.29, 1.82) is 0 Å². The number of benzene rings is 2. The standard InChI is InChI=1S/C21H28N2.C5H10O2/c1-2-19-14-20(22-16-18-11-7-4-8-12-18)15-21(23-19)13-17-9-5-3-6-10-17;1-5(2,3)7-4-6/h3-12,19-23H,2,13-16H2,1H3;4H,1-3H3. The monoisotopic (exact) mass is 410 g/mol. The van der Waals surface area contributed by atoms with Crippen LogP contribution in [0, 0.1) is 0 Å². The van der Waals surface area contributed by atoms with Crippen LogP contribution in [0.4, 0.5) is 0 Å². The van der Waals surface area contributed by atoms with Crippen molar-refractivity contribution in [2.45, 2.75) is 83.6 Å². The van der Waals surface area contributed by atoms with Crippen molar-refractivity contribution in [3.8, 4) is 0 Å². The lowest BCUT2D eigenvalue weighted by Crippen LogP contribution is -2.51. The average Bonchev–Trinajstić information content (AvgIpc) is 2.73. The molecule has 1 heterocycles. The topological polar surface area (TPSA) is 50.4 Å². The Labute approximate surface area is 182 Å². The lowest BCUT2D eigenvalue weighted by Gasteiger charge is -2.37. The molecule has 0 saturated carbocycles. The van der Waals surface area contributed by atoms with Crippen molar-refractivity contribution in [3.05, 3.63) is 71.8 Å². The Kier molecular flexibility index (Phi) is 10.0. The molecular weight excluding hydrogens is 372 g/mol. The molecule has 0 amide bonds. The van der Waals surface area contributed by atoms with Gasteiger partial charge in [-0.3, -0.25) is 4.79 Å². The van der Waals surface area contributed by atoms with Gasteiger partial charge in [0.25, 0.3) is 6.47 Å². The normalized spacial score (nSPS) is 21.3. The molecule has 0 aliphatic carbocycles. The average molecular weight is 411 g/mol. The number of carbonyl (C=O) groups is 1. The lowest BCUT2D eigenvalue weighted by atomic mass is 9.89. The highest BCUT2D eigenvalue weighted by Gasteiger charge is 2.27. The fraction of sp³-hybridized carbons (Fsp3) is 0.500. The number of hydrogen-bond donors (Lipinski definition) is 2. The van der Waals surface area contributed by atoms with Gasteiger partial charge in [-0.2, -0.15) is 0 Å². The lowest BCUT2D eigenvalue weighted by molar-refractivity contribution is -0.138. The number of piperidine rings is 1. The van der Waals surface area contributed by atoms with Gasteiger partial charge in [-0.05, 0) is 57.6 Å². The number of hydrogen-bond acceptors (Lipinski definition) is 4. The van der Waals surface area contributed by atoms with E-state index in [1.807, 2.05) is 20.8 Å². The second-order valence-corrected chi connectivity index (χ2v) is 9.02. The highest BCUT2D eigenvalue weighted by molar-refractivity contribution is 5.37. The molecule has 3 unspecified atom stereocenters. The third kappa shape index (κ3) is 9.55. The van der Waals surface area contributed by atoms with Crippen LogP contribution in [-0.4, -0.2) is 30.2 Å². The molecule has 0 radical (unpaired) electrons. The maximum absolute atomic E-state index is 9.60. The molecule has 3 atom stereocenters. The molecule has 0 spiro atoms. The van der Waals surface area contributed by atoms with E-state index in [1.54, 1.807) is 0 Å². The predicted octanol–water partition coefficient (Wildman–Crippen LogP) is 4.88. The molecule has 1 aliphatic heterocycles. The van der Waals surface area contributed by atoms with Crippen LogP contribution >= 0.6 is 0 Å². The number of ether oxygens (including phenoxy) is 1.